The van der Waals surface area contributed by atoms with Gasteiger partial charge in [-0.05, 0) is 49.5 Å². The van der Waals surface area contributed by atoms with Crippen molar-refractivity contribution in [2.75, 3.05) is 19.5 Å². The van der Waals surface area contributed by atoms with Gasteiger partial charge in [-0.15, -0.1) is 0 Å². The number of hydrogen-bond acceptors (Lipinski definition) is 7. The number of ether oxygens (including phenoxy) is 1. The van der Waals surface area contributed by atoms with Gasteiger partial charge in [0.1, 0.15) is 24.7 Å². The zero-order valence-electron chi connectivity index (χ0n) is 28.4. The molecule has 6 N–H and O–H groups in total. The number of nitrogens with one attached hydrogen (secondary N) is 5. The maximum Gasteiger partial charge on any atom is 0.408 e. The highest BCUT2D eigenvalue weighted by Gasteiger charge is 2.33. The van der Waals surface area contributed by atoms with Crippen molar-refractivity contribution in [3.05, 3.63) is 35.9 Å². The van der Waals surface area contributed by atoms with E-state index in [1.807, 2.05) is 59.7 Å². The van der Waals surface area contributed by atoms with Gasteiger partial charge in [-0.3, -0.25) is 23.7 Å². The molecular weight excluding hydrogens is 613 g/mol. The molecule has 1 aromatic carbocycles. The van der Waals surface area contributed by atoms with Gasteiger partial charge in [-0.25, -0.2) is 4.79 Å². The van der Waals surface area contributed by atoms with Crippen molar-refractivity contribution in [3.63, 3.8) is 0 Å². The van der Waals surface area contributed by atoms with Gasteiger partial charge >= 0.3 is 6.09 Å². The van der Waals surface area contributed by atoms with E-state index in [0.717, 1.165) is 5.56 Å². The van der Waals surface area contributed by atoms with Crippen molar-refractivity contribution in [1.29, 1.82) is 0 Å². The van der Waals surface area contributed by atoms with E-state index in [1.165, 1.54) is 14.0 Å². The summed E-state index contributed by atoms with van der Waals surface area (Å²) in [6, 6.07) is 6.17. The highest BCUT2D eigenvalue weighted by molar-refractivity contribution is 7.58. The molecule has 0 saturated carbocycles. The summed E-state index contributed by atoms with van der Waals surface area (Å²) in [5.74, 6) is -2.90. The van der Waals surface area contributed by atoms with Crippen LogP contribution in [-0.4, -0.2) is 72.2 Å². The van der Waals surface area contributed by atoms with Crippen LogP contribution in [0.4, 0.5) is 4.79 Å². The summed E-state index contributed by atoms with van der Waals surface area (Å²) in [6.07, 6.45) is -0.873. The van der Waals surface area contributed by atoms with Crippen molar-refractivity contribution in [2.24, 2.45) is 23.7 Å². The van der Waals surface area contributed by atoms with Crippen molar-refractivity contribution >= 4 is 37.1 Å². The van der Waals surface area contributed by atoms with Crippen LogP contribution in [0.2, 0.25) is 0 Å². The summed E-state index contributed by atoms with van der Waals surface area (Å²) in [4.78, 5) is 74.6. The molecule has 0 heterocycles. The maximum atomic E-state index is 13.3. The Labute approximate surface area is 273 Å². The summed E-state index contributed by atoms with van der Waals surface area (Å²) < 4.78 is 18.4. The molecule has 0 aliphatic heterocycles. The molecule has 260 valence electrons. The second kappa shape index (κ2) is 19.9. The number of carbonyl (C=O) groups excluding carboxylic acids is 5. The summed E-state index contributed by atoms with van der Waals surface area (Å²) in [7, 11) is -2.60. The predicted molar refractivity (Wildman–Crippen MR) is 177 cm³/mol. The normalized spacial score (nSPS) is 15.2. The van der Waals surface area contributed by atoms with Crippen LogP contribution in [0.25, 0.3) is 0 Å². The van der Waals surface area contributed by atoms with Crippen LogP contribution in [0.1, 0.15) is 73.3 Å². The van der Waals surface area contributed by atoms with Crippen molar-refractivity contribution in [3.8, 4) is 0 Å². The zero-order valence-corrected chi connectivity index (χ0v) is 29.3. The Kier molecular flexibility index (Phi) is 17.6. The van der Waals surface area contributed by atoms with Crippen LogP contribution < -0.4 is 26.6 Å². The van der Waals surface area contributed by atoms with E-state index < -0.39 is 67.7 Å². The van der Waals surface area contributed by atoms with Crippen molar-refractivity contribution < 1.29 is 38.2 Å². The second-order valence-electron chi connectivity index (χ2n) is 13.0. The average molecular weight is 668 g/mol. The Morgan fingerprint density at radius 2 is 1.26 bits per heavy atom. The van der Waals surface area contributed by atoms with Crippen LogP contribution in [0.15, 0.2) is 30.3 Å². The van der Waals surface area contributed by atoms with Crippen LogP contribution >= 0.6 is 7.37 Å². The molecule has 0 spiro atoms. The Hall–Kier alpha value is -3.44. The average Bonchev–Trinajstić information content (AvgIpc) is 2.97. The predicted octanol–water partition coefficient (Wildman–Crippen LogP) is 3.12. The van der Waals surface area contributed by atoms with Gasteiger partial charge in [0.25, 0.3) is 0 Å². The highest BCUT2D eigenvalue weighted by atomic mass is 31.2. The third-order valence-corrected chi connectivity index (χ3v) is 8.66. The van der Waals surface area contributed by atoms with Gasteiger partial charge in [0, 0.05) is 19.1 Å². The molecule has 0 saturated heterocycles. The minimum absolute atomic E-state index is 0.0192. The quantitative estimate of drug-likeness (QED) is 0.121. The van der Waals surface area contributed by atoms with Gasteiger partial charge < -0.3 is 36.2 Å². The van der Waals surface area contributed by atoms with Crippen LogP contribution in [0.3, 0.4) is 0 Å². The SMILES string of the molecule is CNC(=O)[C@H](CC(C)C)NC(=O)[C@H](CC(C)C)CP(=O)(O)CNC(=O)[C@H](CC(C)C)NC(=O)[C@H](C)NC(=O)OCc1ccccc1. The molecule has 0 aromatic heterocycles. The van der Waals surface area contributed by atoms with E-state index in [9.17, 15) is 33.4 Å². The zero-order chi connectivity index (χ0) is 35.0. The lowest BCUT2D eigenvalue weighted by molar-refractivity contribution is -0.131. The summed E-state index contributed by atoms with van der Waals surface area (Å²) >= 11 is 0. The van der Waals surface area contributed by atoms with Crippen LogP contribution in [-0.2, 0) is 35.1 Å². The van der Waals surface area contributed by atoms with Gasteiger partial charge in [0.05, 0.1) is 6.29 Å². The Balaban J connectivity index is 2.85. The van der Waals surface area contributed by atoms with Crippen LogP contribution in [0, 0.1) is 23.7 Å². The molecule has 5 atom stereocenters. The first kappa shape index (κ1) is 40.6. The summed E-state index contributed by atoms with van der Waals surface area (Å²) in [5, 5.41) is 12.8. The largest absolute Gasteiger partial charge is 0.445 e. The van der Waals surface area contributed by atoms with Gasteiger partial charge in [-0.1, -0.05) is 71.9 Å². The van der Waals surface area contributed by atoms with E-state index in [1.54, 1.807) is 12.1 Å². The third-order valence-electron chi connectivity index (χ3n) is 7.00. The first-order chi connectivity index (χ1) is 21.4. The maximum absolute atomic E-state index is 13.3. The van der Waals surface area contributed by atoms with Crippen molar-refractivity contribution in [2.45, 2.75) is 92.5 Å². The molecule has 1 aromatic rings. The fourth-order valence-corrected chi connectivity index (χ4v) is 6.28. The minimum atomic E-state index is -4.07. The third kappa shape index (κ3) is 16.2. The molecule has 5 amide bonds. The molecule has 14 heteroatoms. The Morgan fingerprint density at radius 1 is 0.739 bits per heavy atom. The number of hydrogen-bond donors (Lipinski definition) is 6. The van der Waals surface area contributed by atoms with Crippen molar-refractivity contribution in [1.82, 2.24) is 26.6 Å². The molecule has 0 aliphatic carbocycles. The number of benzene rings is 1. The van der Waals surface area contributed by atoms with Gasteiger partial charge in [-0.2, -0.15) is 0 Å². The molecule has 0 fully saturated rings. The molecule has 0 radical (unpaired) electrons. The number of likely N-dealkylation sites (N-methyl/N-ethyl adjacent to an activating group) is 1. The molecule has 46 heavy (non-hydrogen) atoms. The van der Waals surface area contributed by atoms with E-state index >= 15 is 0 Å². The second-order valence-corrected chi connectivity index (χ2v) is 15.4. The Morgan fingerprint density at radius 3 is 1.78 bits per heavy atom. The minimum Gasteiger partial charge on any atom is -0.445 e. The fourth-order valence-electron chi connectivity index (χ4n) is 4.74. The number of alkyl carbamates (subject to hydrolysis) is 1. The lowest BCUT2D eigenvalue weighted by atomic mass is 9.96. The monoisotopic (exact) mass is 667 g/mol. The molecule has 1 unspecified atom stereocenters. The lowest BCUT2D eigenvalue weighted by Crippen LogP contribution is -2.53. The highest BCUT2D eigenvalue weighted by Crippen LogP contribution is 2.42. The molecule has 13 nitrogen and oxygen atoms in total. The molecular formula is C32H54N5O8P. The first-order valence-electron chi connectivity index (χ1n) is 15.8. The summed E-state index contributed by atoms with van der Waals surface area (Å²) in [5.41, 5.74) is 0.778. The fraction of sp³-hybridized carbons (Fsp3) is 0.656. The topological polar surface area (TPSA) is 192 Å². The van der Waals surface area contributed by atoms with Gasteiger partial charge in [0.2, 0.25) is 31.0 Å². The molecule has 0 aliphatic rings. The lowest BCUT2D eigenvalue weighted by Gasteiger charge is -2.26. The molecule has 1 rings (SSSR count). The molecule has 0 bridgehead atoms. The first-order valence-corrected chi connectivity index (χ1v) is 17.8. The van der Waals surface area contributed by atoms with E-state index in [2.05, 4.69) is 26.6 Å². The number of rotatable bonds is 19. The van der Waals surface area contributed by atoms with Gasteiger partial charge in [0.15, 0.2) is 0 Å². The smallest absolute Gasteiger partial charge is 0.408 e. The van der Waals surface area contributed by atoms with E-state index in [0.29, 0.717) is 12.8 Å². The summed E-state index contributed by atoms with van der Waals surface area (Å²) in [6.45, 7) is 12.8. The van der Waals surface area contributed by atoms with E-state index in [4.69, 9.17) is 4.74 Å². The number of carbonyl (C=O) groups is 5. The number of amides is 5. The Bertz CT molecular complexity index is 1190. The standard InChI is InChI=1S/C32H54N5O8P/c1-20(2)14-25(29(39)37-26(15-21(3)4)30(40)33-8)18-46(43,44)19-34-31(41)27(16-22(5)6)36-28(38)23(7)35-32(42)45-17-24-12-10-9-11-13-24/h9-13,20-23,25-27H,14-19H2,1-8H3,(H,33,40)(H,34,41)(H,35,42)(H,36,38)(H,37,39)(H,43,44)/t23-,25+,26-,27-/m0/s1. The van der Waals surface area contributed by atoms with E-state index in [-0.39, 0.29) is 36.7 Å². The van der Waals surface area contributed by atoms with Crippen LogP contribution in [0.5, 0.6) is 0 Å².